The molecule has 52 heavy (non-hydrogen) atoms. The maximum Gasteiger partial charge on any atom is 0.246 e. The molecule has 288 valence electrons. The predicted octanol–water partition coefficient (Wildman–Crippen LogP) is 7.19. The molecule has 4 amide bonds. The summed E-state index contributed by atoms with van der Waals surface area (Å²) in [7, 11) is 1.73. The number of nitrogens with one attached hydrogen (secondary N) is 3. The lowest BCUT2D eigenvalue weighted by molar-refractivity contribution is -0.142. The largest absolute Gasteiger partial charge is 0.356 e. The summed E-state index contributed by atoms with van der Waals surface area (Å²) in [6.45, 7) is 10.1. The molecule has 0 spiro atoms. The van der Waals surface area contributed by atoms with Crippen LogP contribution in [0.15, 0.2) is 57.5 Å². The molecular formula is C41H61Br2N5O4. The fourth-order valence-corrected chi connectivity index (χ4v) is 7.06. The third kappa shape index (κ3) is 15.3. The van der Waals surface area contributed by atoms with E-state index in [0.29, 0.717) is 39.0 Å². The van der Waals surface area contributed by atoms with Crippen molar-refractivity contribution in [3.05, 3.63) is 68.6 Å². The van der Waals surface area contributed by atoms with E-state index in [9.17, 15) is 19.2 Å². The summed E-state index contributed by atoms with van der Waals surface area (Å²) in [5.74, 6) is -0.0490. The Morgan fingerprint density at radius 2 is 1.40 bits per heavy atom. The third-order valence-electron chi connectivity index (χ3n) is 9.95. The second-order valence-corrected chi connectivity index (χ2v) is 17.0. The van der Waals surface area contributed by atoms with Crippen LogP contribution in [0.2, 0.25) is 0 Å². The van der Waals surface area contributed by atoms with E-state index in [1.54, 1.807) is 14.0 Å². The Kier molecular flexibility index (Phi) is 18.8. The minimum Gasteiger partial charge on any atom is -0.356 e. The average molecular weight is 848 g/mol. The Morgan fingerprint density at radius 1 is 0.846 bits per heavy atom. The van der Waals surface area contributed by atoms with Crippen LogP contribution in [0.3, 0.4) is 0 Å². The van der Waals surface area contributed by atoms with E-state index in [1.165, 1.54) is 5.56 Å². The van der Waals surface area contributed by atoms with Gasteiger partial charge in [-0.15, -0.1) is 0 Å². The van der Waals surface area contributed by atoms with Crippen molar-refractivity contribution in [1.82, 2.24) is 25.8 Å². The van der Waals surface area contributed by atoms with E-state index in [2.05, 4.69) is 72.1 Å². The quantitative estimate of drug-likeness (QED) is 0.115. The van der Waals surface area contributed by atoms with Gasteiger partial charge in [0, 0.05) is 54.0 Å². The van der Waals surface area contributed by atoms with Gasteiger partial charge in [-0.05, 0) is 93.3 Å². The minimum atomic E-state index is -0.666. The standard InChI is InChI=1S/C41H61Br2N5O4/c1-30(44-5)39(51)46-38(41(2,3)4)40(52)48-27-12-13-35(48)29-47(28-25-32-18-22-34(43)23-19-32)37(50)15-11-9-7-6-8-10-14-36(49)45-26-24-31-16-20-33(42)21-17-31/h16-23,30,35,38,44H,6-15,24-29H2,1-5H3,(H,45,49)(H,46,51)/t30-,35-,38+/m0/s1. The molecule has 3 N–H and O–H groups in total. The van der Waals surface area contributed by atoms with Gasteiger partial charge in [0.05, 0.1) is 6.04 Å². The van der Waals surface area contributed by atoms with E-state index in [-0.39, 0.29) is 29.7 Å². The van der Waals surface area contributed by atoms with Crippen molar-refractivity contribution in [1.29, 1.82) is 0 Å². The molecule has 1 aliphatic heterocycles. The number of carbonyl (C=O) groups excluding carboxylic acids is 4. The molecule has 2 aromatic carbocycles. The number of hydrogen-bond acceptors (Lipinski definition) is 5. The molecule has 1 heterocycles. The highest BCUT2D eigenvalue weighted by Crippen LogP contribution is 2.27. The van der Waals surface area contributed by atoms with Crippen LogP contribution in [0.1, 0.15) is 103 Å². The average Bonchev–Trinajstić information content (AvgIpc) is 3.58. The Morgan fingerprint density at radius 3 is 1.98 bits per heavy atom. The lowest BCUT2D eigenvalue weighted by atomic mass is 9.85. The Labute approximate surface area is 329 Å². The van der Waals surface area contributed by atoms with Crippen LogP contribution in [-0.4, -0.2) is 84.8 Å². The molecule has 1 fully saturated rings. The van der Waals surface area contributed by atoms with Crippen LogP contribution in [0.4, 0.5) is 0 Å². The highest BCUT2D eigenvalue weighted by molar-refractivity contribution is 9.10. The van der Waals surface area contributed by atoms with Crippen molar-refractivity contribution in [2.75, 3.05) is 33.2 Å². The number of amides is 4. The van der Waals surface area contributed by atoms with E-state index in [4.69, 9.17) is 0 Å². The summed E-state index contributed by atoms with van der Waals surface area (Å²) in [5, 5.41) is 8.99. The van der Waals surface area contributed by atoms with Crippen LogP contribution >= 0.6 is 31.9 Å². The Balaban J connectivity index is 1.48. The normalized spacial score (nSPS) is 15.6. The number of likely N-dealkylation sites (N-methyl/N-ethyl adjacent to an activating group) is 1. The van der Waals surface area contributed by atoms with Gasteiger partial charge in [-0.25, -0.2) is 0 Å². The van der Waals surface area contributed by atoms with Crippen molar-refractivity contribution >= 4 is 55.5 Å². The Bertz CT molecular complexity index is 1410. The first-order valence-corrected chi connectivity index (χ1v) is 20.7. The van der Waals surface area contributed by atoms with Crippen molar-refractivity contribution in [2.24, 2.45) is 5.41 Å². The topological polar surface area (TPSA) is 111 Å². The van der Waals surface area contributed by atoms with Crippen LogP contribution in [0.25, 0.3) is 0 Å². The summed E-state index contributed by atoms with van der Waals surface area (Å²) in [4.78, 5) is 56.7. The zero-order valence-electron chi connectivity index (χ0n) is 31.9. The number of carbonyl (C=O) groups is 4. The molecule has 2 aromatic rings. The number of likely N-dealkylation sites (tertiary alicyclic amines) is 1. The SMILES string of the molecule is CN[C@@H](C)C(=O)N[C@H](C(=O)N1CCC[C@H]1CN(CCc1ccc(Br)cc1)C(=O)CCCCCCCCC(=O)NCCc1ccc(Br)cc1)C(C)(C)C. The number of unbranched alkanes of at least 4 members (excludes halogenated alkanes) is 5. The van der Waals surface area contributed by atoms with Gasteiger partial charge < -0.3 is 25.8 Å². The number of nitrogens with zero attached hydrogens (tertiary/aromatic N) is 2. The van der Waals surface area contributed by atoms with Gasteiger partial charge >= 0.3 is 0 Å². The third-order valence-corrected chi connectivity index (χ3v) is 11.0. The minimum absolute atomic E-state index is 0.0786. The van der Waals surface area contributed by atoms with Gasteiger partial charge in [0.1, 0.15) is 6.04 Å². The molecule has 0 unspecified atom stereocenters. The zero-order chi connectivity index (χ0) is 38.1. The Hall–Kier alpha value is -2.76. The molecule has 0 aromatic heterocycles. The smallest absolute Gasteiger partial charge is 0.246 e. The molecule has 9 nitrogen and oxygen atoms in total. The van der Waals surface area contributed by atoms with E-state index >= 15 is 0 Å². The zero-order valence-corrected chi connectivity index (χ0v) is 35.1. The number of benzene rings is 2. The van der Waals surface area contributed by atoms with E-state index < -0.39 is 17.5 Å². The maximum absolute atomic E-state index is 14.0. The first-order chi connectivity index (χ1) is 24.8. The summed E-state index contributed by atoms with van der Waals surface area (Å²) in [6, 6.07) is 15.2. The fourth-order valence-electron chi connectivity index (χ4n) is 6.53. The highest BCUT2D eigenvalue weighted by Gasteiger charge is 2.40. The van der Waals surface area contributed by atoms with Gasteiger partial charge in [0.2, 0.25) is 23.6 Å². The van der Waals surface area contributed by atoms with Crippen molar-refractivity contribution in [3.63, 3.8) is 0 Å². The summed E-state index contributed by atoms with van der Waals surface area (Å²) in [6.07, 6.45) is 10.0. The van der Waals surface area contributed by atoms with Gasteiger partial charge in [-0.1, -0.05) is 103 Å². The molecule has 3 atom stereocenters. The molecule has 0 radical (unpaired) electrons. The van der Waals surface area contributed by atoms with Crippen molar-refractivity contribution in [3.8, 4) is 0 Å². The fraction of sp³-hybridized carbons (Fsp3) is 0.610. The van der Waals surface area contributed by atoms with Crippen LogP contribution in [0, 0.1) is 5.41 Å². The monoisotopic (exact) mass is 845 g/mol. The molecule has 11 heteroatoms. The van der Waals surface area contributed by atoms with Crippen molar-refractivity contribution < 1.29 is 19.2 Å². The van der Waals surface area contributed by atoms with Crippen LogP contribution in [-0.2, 0) is 32.0 Å². The molecule has 0 aliphatic carbocycles. The molecule has 3 rings (SSSR count). The summed E-state index contributed by atoms with van der Waals surface area (Å²) < 4.78 is 2.07. The van der Waals surface area contributed by atoms with Crippen LogP contribution in [0.5, 0.6) is 0 Å². The lowest BCUT2D eigenvalue weighted by Gasteiger charge is -2.37. The maximum atomic E-state index is 14.0. The summed E-state index contributed by atoms with van der Waals surface area (Å²) >= 11 is 6.95. The number of rotatable bonds is 21. The molecule has 1 aliphatic rings. The van der Waals surface area contributed by atoms with Gasteiger partial charge in [-0.2, -0.15) is 0 Å². The number of hydrogen-bond donors (Lipinski definition) is 3. The lowest BCUT2D eigenvalue weighted by Crippen LogP contribution is -2.59. The van der Waals surface area contributed by atoms with Gasteiger partial charge in [0.25, 0.3) is 0 Å². The number of halogens is 2. The van der Waals surface area contributed by atoms with Crippen LogP contribution < -0.4 is 16.0 Å². The predicted molar refractivity (Wildman–Crippen MR) is 217 cm³/mol. The van der Waals surface area contributed by atoms with E-state index in [0.717, 1.165) is 78.7 Å². The van der Waals surface area contributed by atoms with Gasteiger partial charge in [-0.3, -0.25) is 19.2 Å². The first kappa shape index (κ1) is 43.6. The van der Waals surface area contributed by atoms with Gasteiger partial charge in [0.15, 0.2) is 0 Å². The van der Waals surface area contributed by atoms with Crippen molar-refractivity contribution in [2.45, 2.75) is 123 Å². The molecule has 1 saturated heterocycles. The van der Waals surface area contributed by atoms with E-state index in [1.807, 2.05) is 54.8 Å². The first-order valence-electron chi connectivity index (χ1n) is 19.1. The molecular weight excluding hydrogens is 786 g/mol. The summed E-state index contributed by atoms with van der Waals surface area (Å²) in [5.41, 5.74) is 1.89. The highest BCUT2D eigenvalue weighted by atomic mass is 79.9. The second-order valence-electron chi connectivity index (χ2n) is 15.2. The molecule has 0 bridgehead atoms. The second kappa shape index (κ2) is 22.5. The molecule has 0 saturated carbocycles.